The van der Waals surface area contributed by atoms with Crippen LogP contribution in [-0.2, 0) is 6.54 Å². The Kier molecular flexibility index (Phi) is 2.69. The van der Waals surface area contributed by atoms with E-state index in [1.807, 2.05) is 12.1 Å². The molecule has 1 aromatic carbocycles. The summed E-state index contributed by atoms with van der Waals surface area (Å²) in [4.78, 5) is 2.60. The van der Waals surface area contributed by atoms with Gasteiger partial charge in [0, 0.05) is 24.0 Å². The summed E-state index contributed by atoms with van der Waals surface area (Å²) >= 11 is 0. The van der Waals surface area contributed by atoms with Gasteiger partial charge in [0.05, 0.1) is 6.54 Å². The van der Waals surface area contributed by atoms with E-state index < -0.39 is 0 Å². The first kappa shape index (κ1) is 12.4. The molecule has 1 aromatic heterocycles. The number of hydrogen-bond donors (Lipinski definition) is 1. The quantitative estimate of drug-likeness (QED) is 0.909. The Morgan fingerprint density at radius 3 is 2.95 bits per heavy atom. The maximum atomic E-state index is 5.99. The zero-order valence-electron chi connectivity index (χ0n) is 12.2. The molecule has 2 atom stereocenters. The Morgan fingerprint density at radius 2 is 2.15 bits per heavy atom. The molecule has 3 heterocycles. The van der Waals surface area contributed by atoms with E-state index in [-0.39, 0.29) is 5.54 Å². The van der Waals surface area contributed by atoms with Crippen LogP contribution in [0.2, 0.25) is 0 Å². The molecule has 2 unspecified atom stereocenters. The van der Waals surface area contributed by atoms with Crippen molar-refractivity contribution in [3.63, 3.8) is 0 Å². The molecule has 1 N–H and O–H groups in total. The van der Waals surface area contributed by atoms with E-state index in [0.29, 0.717) is 0 Å². The van der Waals surface area contributed by atoms with E-state index in [1.54, 1.807) is 0 Å². The maximum absolute atomic E-state index is 5.99. The van der Waals surface area contributed by atoms with Crippen LogP contribution in [0.15, 0.2) is 34.7 Å². The minimum atomic E-state index is 0.257. The summed E-state index contributed by atoms with van der Waals surface area (Å²) in [5.41, 5.74) is 1.26. The molecule has 0 radical (unpaired) electrons. The minimum absolute atomic E-state index is 0.257. The summed E-state index contributed by atoms with van der Waals surface area (Å²) in [5, 5.41) is 4.75. The number of nitrogens with zero attached hydrogens (tertiary/aromatic N) is 1. The van der Waals surface area contributed by atoms with Crippen molar-refractivity contribution in [2.24, 2.45) is 11.8 Å². The number of furan rings is 1. The lowest BCUT2D eigenvalue weighted by Gasteiger charge is -2.35. The molecule has 2 aromatic rings. The highest BCUT2D eigenvalue weighted by molar-refractivity contribution is 5.77. The van der Waals surface area contributed by atoms with Gasteiger partial charge in [0.25, 0.3) is 0 Å². The van der Waals surface area contributed by atoms with Crippen LogP contribution in [0.5, 0.6) is 0 Å². The first-order valence-electron chi connectivity index (χ1n) is 7.58. The van der Waals surface area contributed by atoms with Gasteiger partial charge in [0.2, 0.25) is 0 Å². The molecule has 2 aliphatic heterocycles. The van der Waals surface area contributed by atoms with Crippen LogP contribution in [0.1, 0.15) is 19.6 Å². The number of nitrogens with one attached hydrogen (secondary N) is 1. The van der Waals surface area contributed by atoms with E-state index in [4.69, 9.17) is 4.42 Å². The third-order valence-electron chi connectivity index (χ3n) is 5.34. The zero-order valence-corrected chi connectivity index (χ0v) is 12.2. The van der Waals surface area contributed by atoms with Crippen molar-refractivity contribution in [3.8, 4) is 0 Å². The van der Waals surface area contributed by atoms with Crippen LogP contribution in [0.3, 0.4) is 0 Å². The van der Waals surface area contributed by atoms with Crippen molar-refractivity contribution in [3.05, 3.63) is 36.1 Å². The second-order valence-electron chi connectivity index (χ2n) is 6.81. The summed E-state index contributed by atoms with van der Waals surface area (Å²) in [7, 11) is 0. The highest BCUT2D eigenvalue weighted by Crippen LogP contribution is 2.41. The van der Waals surface area contributed by atoms with Crippen molar-refractivity contribution < 1.29 is 4.42 Å². The largest absolute Gasteiger partial charge is 0.460 e. The lowest BCUT2D eigenvalue weighted by Crippen LogP contribution is -2.43. The van der Waals surface area contributed by atoms with Gasteiger partial charge in [-0.05, 0) is 44.4 Å². The first-order valence-corrected chi connectivity index (χ1v) is 7.58. The van der Waals surface area contributed by atoms with Gasteiger partial charge in [-0.25, -0.2) is 0 Å². The average molecular weight is 270 g/mol. The standard InChI is InChI=1S/C17H22N2O/c1-17(2)15-9-18-8-13(15)10-19(17)11-14-7-12-5-3-4-6-16(12)20-14/h3-7,13,15,18H,8-11H2,1-2H3. The fourth-order valence-electron chi connectivity index (χ4n) is 4.08. The van der Waals surface area contributed by atoms with Gasteiger partial charge in [0.1, 0.15) is 11.3 Å². The molecular weight excluding hydrogens is 248 g/mol. The van der Waals surface area contributed by atoms with Crippen molar-refractivity contribution in [2.45, 2.75) is 25.9 Å². The molecule has 3 nitrogen and oxygen atoms in total. The van der Waals surface area contributed by atoms with Crippen molar-refractivity contribution in [1.29, 1.82) is 0 Å². The fraction of sp³-hybridized carbons (Fsp3) is 0.529. The molecule has 2 aliphatic rings. The molecule has 3 heteroatoms. The Balaban J connectivity index is 1.59. The first-order chi connectivity index (χ1) is 9.64. The average Bonchev–Trinajstić information content (AvgIpc) is 3.07. The minimum Gasteiger partial charge on any atom is -0.460 e. The number of hydrogen-bond acceptors (Lipinski definition) is 3. The molecule has 0 saturated carbocycles. The van der Waals surface area contributed by atoms with Crippen LogP contribution in [0.4, 0.5) is 0 Å². The van der Waals surface area contributed by atoms with Crippen molar-refractivity contribution in [2.75, 3.05) is 19.6 Å². The van der Waals surface area contributed by atoms with E-state index in [2.05, 4.69) is 42.3 Å². The normalized spacial score (nSPS) is 29.1. The molecular formula is C17H22N2O. The van der Waals surface area contributed by atoms with E-state index in [9.17, 15) is 0 Å². The van der Waals surface area contributed by atoms with E-state index in [1.165, 1.54) is 18.5 Å². The van der Waals surface area contributed by atoms with Gasteiger partial charge in [-0.1, -0.05) is 18.2 Å². The number of likely N-dealkylation sites (tertiary alicyclic amines) is 1. The SMILES string of the molecule is CC1(C)C2CNCC2CN1Cc1cc2ccccc2o1. The summed E-state index contributed by atoms with van der Waals surface area (Å²) in [5.74, 6) is 2.66. The lowest BCUT2D eigenvalue weighted by atomic mass is 9.85. The summed E-state index contributed by atoms with van der Waals surface area (Å²) in [6, 6.07) is 10.5. The molecule has 0 bridgehead atoms. The third kappa shape index (κ3) is 1.80. The molecule has 0 aliphatic carbocycles. The van der Waals surface area contributed by atoms with Crippen LogP contribution in [-0.4, -0.2) is 30.1 Å². The van der Waals surface area contributed by atoms with Crippen LogP contribution in [0.25, 0.3) is 11.0 Å². The monoisotopic (exact) mass is 270 g/mol. The molecule has 2 fully saturated rings. The Hall–Kier alpha value is -1.32. The lowest BCUT2D eigenvalue weighted by molar-refractivity contribution is 0.123. The van der Waals surface area contributed by atoms with E-state index >= 15 is 0 Å². The maximum Gasteiger partial charge on any atom is 0.134 e. The second-order valence-corrected chi connectivity index (χ2v) is 6.81. The zero-order chi connectivity index (χ0) is 13.7. The van der Waals surface area contributed by atoms with Gasteiger partial charge in [0.15, 0.2) is 0 Å². The van der Waals surface area contributed by atoms with Crippen LogP contribution < -0.4 is 5.32 Å². The van der Waals surface area contributed by atoms with Crippen molar-refractivity contribution in [1.82, 2.24) is 10.2 Å². The molecule has 4 rings (SSSR count). The van der Waals surface area contributed by atoms with Gasteiger partial charge < -0.3 is 9.73 Å². The number of benzene rings is 1. The third-order valence-corrected chi connectivity index (χ3v) is 5.34. The molecule has 0 spiro atoms. The van der Waals surface area contributed by atoms with Crippen molar-refractivity contribution >= 4 is 11.0 Å². The van der Waals surface area contributed by atoms with Gasteiger partial charge in [-0.15, -0.1) is 0 Å². The highest BCUT2D eigenvalue weighted by atomic mass is 16.3. The summed E-state index contributed by atoms with van der Waals surface area (Å²) in [6.07, 6.45) is 0. The molecule has 106 valence electrons. The second kappa shape index (κ2) is 4.34. The smallest absolute Gasteiger partial charge is 0.134 e. The molecule has 2 saturated heterocycles. The number of para-hydroxylation sites is 1. The number of fused-ring (bicyclic) bond motifs is 2. The fourth-order valence-corrected chi connectivity index (χ4v) is 4.08. The molecule has 0 amide bonds. The van der Waals surface area contributed by atoms with Gasteiger partial charge in [-0.2, -0.15) is 0 Å². The Morgan fingerprint density at radius 1 is 1.30 bits per heavy atom. The topological polar surface area (TPSA) is 28.4 Å². The predicted molar refractivity (Wildman–Crippen MR) is 80.6 cm³/mol. The summed E-state index contributed by atoms with van der Waals surface area (Å²) < 4.78 is 5.99. The molecule has 20 heavy (non-hydrogen) atoms. The van der Waals surface area contributed by atoms with Crippen LogP contribution >= 0.6 is 0 Å². The number of rotatable bonds is 2. The van der Waals surface area contributed by atoms with Gasteiger partial charge in [-0.3, -0.25) is 4.90 Å². The van der Waals surface area contributed by atoms with Gasteiger partial charge >= 0.3 is 0 Å². The predicted octanol–water partition coefficient (Wildman–Crippen LogP) is 2.86. The Labute approximate surface area is 119 Å². The van der Waals surface area contributed by atoms with Crippen LogP contribution in [0, 0.1) is 11.8 Å². The summed E-state index contributed by atoms with van der Waals surface area (Å²) in [6.45, 7) is 9.20. The Bertz CT molecular complexity index is 598. The highest BCUT2D eigenvalue weighted by Gasteiger charge is 2.49. The van der Waals surface area contributed by atoms with E-state index in [0.717, 1.165) is 36.3 Å².